The van der Waals surface area contributed by atoms with Crippen molar-refractivity contribution in [1.29, 1.82) is 0 Å². The molecule has 3 unspecified atom stereocenters. The first-order chi connectivity index (χ1) is 11.9. The first-order valence-electron chi connectivity index (χ1n) is 8.68. The Morgan fingerprint density at radius 2 is 1.92 bits per heavy atom. The lowest BCUT2D eigenvalue weighted by atomic mass is 9.97. The molecule has 25 heavy (non-hydrogen) atoms. The second-order valence-electron chi connectivity index (χ2n) is 6.11. The van der Waals surface area contributed by atoms with Crippen LogP contribution in [0.15, 0.2) is 0 Å². The molecule has 1 rings (SSSR count). The monoisotopic (exact) mass is 362 g/mol. The Labute approximate surface area is 147 Å². The van der Waals surface area contributed by atoms with Gasteiger partial charge in [0.2, 0.25) is 11.8 Å². The van der Waals surface area contributed by atoms with Crippen molar-refractivity contribution in [3.8, 4) is 0 Å². The molecular formula is C16H30N2O7. The fourth-order valence-corrected chi connectivity index (χ4v) is 2.55. The molecule has 0 spiro atoms. The smallest absolute Gasteiger partial charge is 0.219 e. The summed E-state index contributed by atoms with van der Waals surface area (Å²) < 4.78 is 11.0. The molecule has 0 bridgehead atoms. The summed E-state index contributed by atoms with van der Waals surface area (Å²) in [5, 5.41) is 34.5. The topological polar surface area (TPSA) is 137 Å². The van der Waals surface area contributed by atoms with E-state index in [1.807, 2.05) is 6.92 Å². The Balaban J connectivity index is 2.44. The average molecular weight is 362 g/mol. The van der Waals surface area contributed by atoms with Gasteiger partial charge in [0.1, 0.15) is 24.4 Å². The normalized spacial score (nSPS) is 29.2. The molecule has 5 N–H and O–H groups in total. The maximum Gasteiger partial charge on any atom is 0.219 e. The lowest BCUT2D eigenvalue weighted by Gasteiger charge is -2.42. The quantitative estimate of drug-likeness (QED) is 0.303. The van der Waals surface area contributed by atoms with Crippen LogP contribution in [-0.2, 0) is 19.1 Å². The summed E-state index contributed by atoms with van der Waals surface area (Å²) in [6, 6.07) is -0.942. The summed E-state index contributed by atoms with van der Waals surface area (Å²) in [4.78, 5) is 22.8. The molecule has 2 amide bonds. The van der Waals surface area contributed by atoms with Crippen molar-refractivity contribution in [3.63, 3.8) is 0 Å². The molecule has 1 aliphatic heterocycles. The van der Waals surface area contributed by atoms with E-state index in [9.17, 15) is 24.9 Å². The highest BCUT2D eigenvalue weighted by atomic mass is 16.7. The minimum absolute atomic E-state index is 0.00854. The highest BCUT2D eigenvalue weighted by Crippen LogP contribution is 2.22. The number of aliphatic hydroxyl groups is 3. The molecular weight excluding hydrogens is 332 g/mol. The van der Waals surface area contributed by atoms with Crippen molar-refractivity contribution < 1.29 is 34.4 Å². The van der Waals surface area contributed by atoms with Crippen LogP contribution in [0.25, 0.3) is 0 Å². The van der Waals surface area contributed by atoms with Crippen molar-refractivity contribution in [1.82, 2.24) is 10.6 Å². The van der Waals surface area contributed by atoms with Gasteiger partial charge < -0.3 is 35.4 Å². The van der Waals surface area contributed by atoms with E-state index in [-0.39, 0.29) is 12.5 Å². The third-order valence-electron chi connectivity index (χ3n) is 3.90. The molecule has 0 aromatic carbocycles. The van der Waals surface area contributed by atoms with Crippen LogP contribution in [0.2, 0.25) is 0 Å². The number of hydrogen-bond donors (Lipinski definition) is 5. The second-order valence-corrected chi connectivity index (χ2v) is 6.11. The van der Waals surface area contributed by atoms with Crippen LogP contribution >= 0.6 is 0 Å². The zero-order valence-electron chi connectivity index (χ0n) is 14.8. The Kier molecular flexibility index (Phi) is 9.91. The van der Waals surface area contributed by atoms with Gasteiger partial charge in [-0.05, 0) is 19.3 Å². The van der Waals surface area contributed by atoms with Gasteiger partial charge in [-0.25, -0.2) is 0 Å². The molecule has 9 nitrogen and oxygen atoms in total. The number of ether oxygens (including phenoxy) is 2. The molecule has 0 aromatic rings. The summed E-state index contributed by atoms with van der Waals surface area (Å²) in [5.74, 6) is -0.408. The largest absolute Gasteiger partial charge is 0.394 e. The molecule has 0 saturated carbocycles. The van der Waals surface area contributed by atoms with Crippen molar-refractivity contribution in [3.05, 3.63) is 0 Å². The van der Waals surface area contributed by atoms with E-state index in [0.29, 0.717) is 25.8 Å². The Bertz CT molecular complexity index is 421. The van der Waals surface area contributed by atoms with E-state index in [0.717, 1.165) is 6.42 Å². The first-order valence-corrected chi connectivity index (χ1v) is 8.68. The van der Waals surface area contributed by atoms with Crippen molar-refractivity contribution >= 4 is 11.8 Å². The number of rotatable bonds is 10. The highest BCUT2D eigenvalue weighted by molar-refractivity contribution is 5.75. The molecule has 1 heterocycles. The SMILES string of the molecule is CCCNC(=O)CCCCO[C@@H]1OC(CO)[C@H](O)C(O)C1NC(C)=O. The Morgan fingerprint density at radius 3 is 2.52 bits per heavy atom. The predicted molar refractivity (Wildman–Crippen MR) is 88.5 cm³/mol. The summed E-state index contributed by atoms with van der Waals surface area (Å²) in [6.07, 6.45) is -2.14. The zero-order valence-corrected chi connectivity index (χ0v) is 14.8. The van der Waals surface area contributed by atoms with Gasteiger partial charge >= 0.3 is 0 Å². The lowest BCUT2D eigenvalue weighted by molar-refractivity contribution is -0.270. The molecule has 1 aliphatic rings. The van der Waals surface area contributed by atoms with E-state index in [2.05, 4.69) is 10.6 Å². The van der Waals surface area contributed by atoms with E-state index in [4.69, 9.17) is 9.47 Å². The summed E-state index contributed by atoms with van der Waals surface area (Å²) in [6.45, 7) is 3.69. The Hall–Kier alpha value is -1.26. The summed E-state index contributed by atoms with van der Waals surface area (Å²) in [5.41, 5.74) is 0. The van der Waals surface area contributed by atoms with Gasteiger partial charge in [-0.1, -0.05) is 6.92 Å². The number of unbranched alkanes of at least 4 members (excludes halogenated alkanes) is 1. The number of carbonyl (C=O) groups is 2. The first kappa shape index (κ1) is 21.8. The van der Waals surface area contributed by atoms with Gasteiger partial charge in [-0.2, -0.15) is 0 Å². The minimum atomic E-state index is -1.33. The van der Waals surface area contributed by atoms with Crippen molar-refractivity contribution in [2.24, 2.45) is 0 Å². The van der Waals surface area contributed by atoms with Crippen LogP contribution in [0.3, 0.4) is 0 Å². The highest BCUT2D eigenvalue weighted by Gasteiger charge is 2.45. The van der Waals surface area contributed by atoms with Crippen LogP contribution in [0.5, 0.6) is 0 Å². The van der Waals surface area contributed by atoms with Gasteiger partial charge in [0.05, 0.1) is 6.61 Å². The standard InChI is InChI=1S/C16H30N2O7/c1-3-7-17-12(21)6-4-5-8-24-16-13(18-10(2)20)15(23)14(22)11(9-19)25-16/h11,13-16,19,22-23H,3-9H2,1-2H3,(H,17,21)(H,18,20)/t11?,13?,14-,15?,16+/m0/s1. The zero-order chi connectivity index (χ0) is 18.8. The predicted octanol–water partition coefficient (Wildman–Crippen LogP) is -1.36. The molecule has 1 saturated heterocycles. The second kappa shape index (κ2) is 11.4. The summed E-state index contributed by atoms with van der Waals surface area (Å²) >= 11 is 0. The number of amides is 2. The number of hydrogen-bond acceptors (Lipinski definition) is 7. The third-order valence-corrected chi connectivity index (χ3v) is 3.90. The molecule has 0 radical (unpaired) electrons. The van der Waals surface area contributed by atoms with Gasteiger partial charge in [-0.15, -0.1) is 0 Å². The number of carbonyl (C=O) groups excluding carboxylic acids is 2. The van der Waals surface area contributed by atoms with Crippen LogP contribution in [0, 0.1) is 0 Å². The van der Waals surface area contributed by atoms with E-state index in [1.54, 1.807) is 0 Å². The molecule has 0 aromatic heterocycles. The molecule has 5 atom stereocenters. The molecule has 1 fully saturated rings. The fourth-order valence-electron chi connectivity index (χ4n) is 2.55. The van der Waals surface area contributed by atoms with E-state index < -0.39 is 43.2 Å². The minimum Gasteiger partial charge on any atom is -0.394 e. The molecule has 0 aliphatic carbocycles. The maximum absolute atomic E-state index is 11.5. The van der Waals surface area contributed by atoms with Crippen molar-refractivity contribution in [2.75, 3.05) is 19.8 Å². The Morgan fingerprint density at radius 1 is 1.20 bits per heavy atom. The van der Waals surface area contributed by atoms with Crippen LogP contribution < -0.4 is 10.6 Å². The fraction of sp³-hybridized carbons (Fsp3) is 0.875. The lowest BCUT2D eigenvalue weighted by Crippen LogP contribution is -2.64. The molecule has 146 valence electrons. The van der Waals surface area contributed by atoms with Gasteiger partial charge in [0.25, 0.3) is 0 Å². The van der Waals surface area contributed by atoms with Gasteiger partial charge in [0.15, 0.2) is 6.29 Å². The maximum atomic E-state index is 11.5. The van der Waals surface area contributed by atoms with Crippen LogP contribution in [-0.4, -0.2) is 77.5 Å². The third kappa shape index (κ3) is 7.25. The summed E-state index contributed by atoms with van der Waals surface area (Å²) in [7, 11) is 0. The van der Waals surface area contributed by atoms with E-state index in [1.165, 1.54) is 6.92 Å². The average Bonchev–Trinajstić information content (AvgIpc) is 2.58. The van der Waals surface area contributed by atoms with Crippen LogP contribution in [0.4, 0.5) is 0 Å². The number of nitrogens with one attached hydrogen (secondary N) is 2. The van der Waals surface area contributed by atoms with E-state index >= 15 is 0 Å². The van der Waals surface area contributed by atoms with Crippen LogP contribution in [0.1, 0.15) is 39.5 Å². The van der Waals surface area contributed by atoms with Crippen molar-refractivity contribution in [2.45, 2.75) is 70.2 Å². The number of aliphatic hydroxyl groups excluding tert-OH is 3. The molecule has 9 heteroatoms. The van der Waals surface area contributed by atoms with Gasteiger partial charge in [0, 0.05) is 26.5 Å². The van der Waals surface area contributed by atoms with Gasteiger partial charge in [-0.3, -0.25) is 9.59 Å².